The largest absolute Gasteiger partial charge is 0.389 e. The number of nitriles is 1. The molecule has 2 N–H and O–H groups in total. The SMILES string of the molecule is COC1CN(c2ncc3c4c(c(-c5ncc(F)c6sc(N)c(C#N)c56)c(F)c3n2)COC4)CC1N1CCN(C)[C@@H](C)C1. The Morgan fingerprint density at radius 2 is 1.95 bits per heavy atom. The summed E-state index contributed by atoms with van der Waals surface area (Å²) in [6.45, 7) is 6.72. The van der Waals surface area contributed by atoms with Crippen LogP contribution in [0.25, 0.3) is 32.2 Å². The number of rotatable bonds is 4. The molecule has 6 heterocycles. The van der Waals surface area contributed by atoms with Crippen LogP contribution < -0.4 is 10.6 Å². The van der Waals surface area contributed by atoms with Gasteiger partial charge in [0.05, 0.1) is 47.5 Å². The summed E-state index contributed by atoms with van der Waals surface area (Å²) in [6, 6.07) is 2.64. The van der Waals surface area contributed by atoms with Gasteiger partial charge >= 0.3 is 0 Å². The quantitative estimate of drug-likeness (QED) is 0.377. The summed E-state index contributed by atoms with van der Waals surface area (Å²) >= 11 is 0.951. The maximum absolute atomic E-state index is 16.7. The Morgan fingerprint density at radius 1 is 1.14 bits per heavy atom. The van der Waals surface area contributed by atoms with Crippen LogP contribution in [-0.4, -0.2) is 89.8 Å². The highest BCUT2D eigenvalue weighted by Gasteiger charge is 2.40. The molecule has 2 unspecified atom stereocenters. The molecule has 3 aliphatic rings. The lowest BCUT2D eigenvalue weighted by Gasteiger charge is -2.41. The second-order valence-corrected chi connectivity index (χ2v) is 12.3. The molecule has 4 aromatic rings. The molecular formula is C29H30F2N8O2S. The van der Waals surface area contributed by atoms with Crippen LogP contribution in [0, 0.1) is 23.0 Å². The highest BCUT2D eigenvalue weighted by Crippen LogP contribution is 2.45. The number of halogens is 2. The zero-order valence-corrected chi connectivity index (χ0v) is 24.3. The van der Waals surface area contributed by atoms with Crippen LogP contribution in [0.4, 0.5) is 19.7 Å². The number of hydrogen-bond donors (Lipinski definition) is 1. The van der Waals surface area contributed by atoms with E-state index in [0.717, 1.165) is 42.7 Å². The average Bonchev–Trinajstić information content (AvgIpc) is 3.72. The number of aromatic nitrogens is 3. The number of ether oxygens (including phenoxy) is 2. The Morgan fingerprint density at radius 3 is 2.71 bits per heavy atom. The first-order chi connectivity index (χ1) is 20.3. The Bertz CT molecular complexity index is 1770. The Hall–Kier alpha value is -3.54. The third-order valence-electron chi connectivity index (χ3n) is 9.01. The number of thiophene rings is 1. The van der Waals surface area contributed by atoms with E-state index < -0.39 is 11.6 Å². The number of piperazine rings is 1. The molecule has 7 rings (SSSR count). The van der Waals surface area contributed by atoms with Gasteiger partial charge in [0.2, 0.25) is 5.95 Å². The zero-order valence-electron chi connectivity index (χ0n) is 23.5. The number of hydrogen-bond acceptors (Lipinski definition) is 11. The Labute approximate surface area is 245 Å². The Balaban J connectivity index is 1.34. The van der Waals surface area contributed by atoms with Gasteiger partial charge < -0.3 is 25.0 Å². The molecular weight excluding hydrogens is 562 g/mol. The van der Waals surface area contributed by atoms with Crippen molar-refractivity contribution in [2.24, 2.45) is 0 Å². The van der Waals surface area contributed by atoms with Gasteiger partial charge in [-0.05, 0) is 25.1 Å². The highest BCUT2D eigenvalue weighted by atomic mass is 32.1. The Kier molecular flexibility index (Phi) is 6.71. The van der Waals surface area contributed by atoms with Gasteiger partial charge in [0.25, 0.3) is 0 Å². The number of anilines is 2. The second-order valence-electron chi connectivity index (χ2n) is 11.3. The molecule has 0 saturated carbocycles. The zero-order chi connectivity index (χ0) is 29.3. The number of likely N-dealkylation sites (N-methyl/N-ethyl adjacent to an activating group) is 1. The predicted octanol–water partition coefficient (Wildman–Crippen LogP) is 3.51. The van der Waals surface area contributed by atoms with Gasteiger partial charge in [0.15, 0.2) is 11.6 Å². The molecule has 3 aromatic heterocycles. The molecule has 42 heavy (non-hydrogen) atoms. The summed E-state index contributed by atoms with van der Waals surface area (Å²) in [7, 11) is 3.87. The van der Waals surface area contributed by atoms with Crippen molar-refractivity contribution in [2.75, 3.05) is 57.5 Å². The fourth-order valence-electron chi connectivity index (χ4n) is 6.57. The van der Waals surface area contributed by atoms with Crippen molar-refractivity contribution in [3.63, 3.8) is 0 Å². The topological polar surface area (TPSA) is 117 Å². The van der Waals surface area contributed by atoms with E-state index in [2.05, 4.69) is 33.7 Å². The molecule has 0 bridgehead atoms. The lowest BCUT2D eigenvalue weighted by atomic mass is 9.94. The van der Waals surface area contributed by atoms with Crippen molar-refractivity contribution >= 4 is 43.3 Å². The van der Waals surface area contributed by atoms with Gasteiger partial charge in [-0.1, -0.05) is 0 Å². The van der Waals surface area contributed by atoms with Crippen LogP contribution in [0.1, 0.15) is 23.6 Å². The first-order valence-electron chi connectivity index (χ1n) is 13.9. The summed E-state index contributed by atoms with van der Waals surface area (Å²) in [5.41, 5.74) is 7.93. The van der Waals surface area contributed by atoms with E-state index in [-0.39, 0.29) is 62.8 Å². The molecule has 3 aliphatic heterocycles. The van der Waals surface area contributed by atoms with Gasteiger partial charge in [0.1, 0.15) is 16.6 Å². The van der Waals surface area contributed by atoms with Gasteiger partial charge in [-0.2, -0.15) is 5.26 Å². The second kappa shape index (κ2) is 10.3. The molecule has 0 spiro atoms. The maximum Gasteiger partial charge on any atom is 0.226 e. The molecule has 0 radical (unpaired) electrons. The summed E-state index contributed by atoms with van der Waals surface area (Å²) in [4.78, 5) is 20.6. The minimum Gasteiger partial charge on any atom is -0.389 e. The highest BCUT2D eigenvalue weighted by molar-refractivity contribution is 7.23. The normalized spacial score (nSPS) is 23.2. The van der Waals surface area contributed by atoms with Crippen LogP contribution in [0.2, 0.25) is 0 Å². The fourth-order valence-corrected chi connectivity index (χ4v) is 7.49. The van der Waals surface area contributed by atoms with Gasteiger partial charge in [-0.25, -0.2) is 18.7 Å². The molecule has 0 amide bonds. The smallest absolute Gasteiger partial charge is 0.226 e. The van der Waals surface area contributed by atoms with E-state index in [9.17, 15) is 9.65 Å². The molecule has 3 atom stereocenters. The van der Waals surface area contributed by atoms with Crippen molar-refractivity contribution in [3.8, 4) is 17.3 Å². The number of nitrogen functional groups attached to an aromatic ring is 1. The van der Waals surface area contributed by atoms with E-state index in [0.29, 0.717) is 36.0 Å². The third kappa shape index (κ3) is 4.12. The van der Waals surface area contributed by atoms with Crippen molar-refractivity contribution in [2.45, 2.75) is 38.3 Å². The predicted molar refractivity (Wildman–Crippen MR) is 156 cm³/mol. The van der Waals surface area contributed by atoms with Gasteiger partial charge in [-0.3, -0.25) is 9.88 Å². The van der Waals surface area contributed by atoms with E-state index in [1.807, 2.05) is 11.0 Å². The van der Waals surface area contributed by atoms with Crippen LogP contribution in [0.15, 0.2) is 12.4 Å². The monoisotopic (exact) mass is 592 g/mol. The molecule has 1 aromatic carbocycles. The van der Waals surface area contributed by atoms with Crippen molar-refractivity contribution in [1.29, 1.82) is 5.26 Å². The van der Waals surface area contributed by atoms with E-state index in [1.165, 1.54) is 0 Å². The molecule has 218 valence electrons. The first-order valence-corrected chi connectivity index (χ1v) is 14.7. The molecule has 10 nitrogen and oxygen atoms in total. The summed E-state index contributed by atoms with van der Waals surface area (Å²) in [6.07, 6.45) is 2.65. The van der Waals surface area contributed by atoms with Gasteiger partial charge in [0, 0.05) is 68.4 Å². The lowest BCUT2D eigenvalue weighted by Crippen LogP contribution is -2.56. The minimum atomic E-state index is -0.614. The molecule has 2 fully saturated rings. The van der Waals surface area contributed by atoms with E-state index in [4.69, 9.17) is 20.2 Å². The van der Waals surface area contributed by atoms with Crippen LogP contribution in [0.5, 0.6) is 0 Å². The average molecular weight is 593 g/mol. The van der Waals surface area contributed by atoms with Crippen LogP contribution in [-0.2, 0) is 22.7 Å². The molecule has 2 saturated heterocycles. The lowest BCUT2D eigenvalue weighted by molar-refractivity contribution is 0.00954. The van der Waals surface area contributed by atoms with Crippen molar-refractivity contribution in [3.05, 3.63) is 40.7 Å². The number of methoxy groups -OCH3 is 1. The number of nitrogens with zero attached hydrogens (tertiary/aromatic N) is 7. The third-order valence-corrected chi connectivity index (χ3v) is 10.0. The van der Waals surface area contributed by atoms with E-state index >= 15 is 4.39 Å². The summed E-state index contributed by atoms with van der Waals surface area (Å²) in [5.74, 6) is -0.816. The maximum atomic E-state index is 16.7. The standard InChI is InChI=1S/C29H30F2N8O2S/c1-14-9-38(5-4-37(14)2)20-10-39(11-21(20)40-3)29-35-7-16-17-12-41-13-18(17)22(24(31)25(16)36-29)26-23-15(6-32)28(33)42-27(23)19(30)8-34-26/h7-8,14,20-21H,4-5,9-13,33H2,1-3H3/t14-,20?,21?/m0/s1. The van der Waals surface area contributed by atoms with Crippen molar-refractivity contribution in [1.82, 2.24) is 24.8 Å². The van der Waals surface area contributed by atoms with Crippen molar-refractivity contribution < 1.29 is 18.3 Å². The number of fused-ring (bicyclic) bond motifs is 4. The number of benzene rings is 1. The first kappa shape index (κ1) is 27.3. The van der Waals surface area contributed by atoms with Gasteiger partial charge in [-0.15, -0.1) is 11.3 Å². The summed E-state index contributed by atoms with van der Waals surface area (Å²) in [5, 5.41) is 10.7. The number of nitrogens with two attached hydrogens (primary N) is 1. The fraction of sp³-hybridized carbons (Fsp3) is 0.448. The van der Waals surface area contributed by atoms with Crippen LogP contribution >= 0.6 is 11.3 Å². The summed E-state index contributed by atoms with van der Waals surface area (Å²) < 4.78 is 43.3. The molecule has 13 heteroatoms. The minimum absolute atomic E-state index is 0.0427. The molecule has 0 aliphatic carbocycles. The number of pyridine rings is 1. The van der Waals surface area contributed by atoms with Crippen LogP contribution in [0.3, 0.4) is 0 Å². The van der Waals surface area contributed by atoms with E-state index in [1.54, 1.807) is 13.3 Å².